The number of aromatic nitrogens is 1. The number of nitrogens with zero attached hydrogens (tertiary/aromatic N) is 1. The van der Waals surface area contributed by atoms with Gasteiger partial charge in [-0.1, -0.05) is 39.8 Å². The second-order valence-corrected chi connectivity index (χ2v) is 5.22. The molecule has 0 bridgehead atoms. The highest BCUT2D eigenvalue weighted by Gasteiger charge is 2.08. The van der Waals surface area contributed by atoms with E-state index in [-0.39, 0.29) is 0 Å². The molecule has 0 amide bonds. The Balaban J connectivity index is 2.62. The maximum absolute atomic E-state index is 6.00. The van der Waals surface area contributed by atoms with Crippen molar-refractivity contribution >= 4 is 16.7 Å². The van der Waals surface area contributed by atoms with Gasteiger partial charge in [0.05, 0.1) is 5.52 Å². The van der Waals surface area contributed by atoms with Crippen molar-refractivity contribution < 1.29 is 0 Å². The first-order chi connectivity index (χ1) is 7.99. The van der Waals surface area contributed by atoms with Crippen molar-refractivity contribution in [3.05, 3.63) is 35.4 Å². The predicted octanol–water partition coefficient (Wildman–Crippen LogP) is 4.06. The molecule has 90 valence electrons. The van der Waals surface area contributed by atoms with Gasteiger partial charge < -0.3 is 5.73 Å². The van der Waals surface area contributed by atoms with Gasteiger partial charge >= 0.3 is 0 Å². The lowest BCUT2D eigenvalue weighted by Crippen LogP contribution is -2.00. The molecule has 2 rings (SSSR count). The number of rotatable bonds is 2. The Bertz CT molecular complexity index is 542. The molecule has 2 N–H and O–H groups in total. The van der Waals surface area contributed by atoms with Crippen LogP contribution < -0.4 is 5.73 Å². The van der Waals surface area contributed by atoms with E-state index in [4.69, 9.17) is 5.73 Å². The summed E-state index contributed by atoms with van der Waals surface area (Å²) in [6, 6.07) is 8.62. The fourth-order valence-corrected chi connectivity index (χ4v) is 2.04. The van der Waals surface area contributed by atoms with Gasteiger partial charge in [-0.15, -0.1) is 0 Å². The van der Waals surface area contributed by atoms with E-state index in [2.05, 4.69) is 56.9 Å². The van der Waals surface area contributed by atoms with Crippen LogP contribution >= 0.6 is 0 Å². The molecule has 1 aromatic carbocycles. The molecule has 0 fully saturated rings. The summed E-state index contributed by atoms with van der Waals surface area (Å²) in [5.74, 6) is 1.59. The Morgan fingerprint density at radius 2 is 1.71 bits per heavy atom. The third-order valence-corrected chi connectivity index (χ3v) is 3.19. The molecule has 2 nitrogen and oxygen atoms in total. The van der Waals surface area contributed by atoms with E-state index in [0.29, 0.717) is 17.7 Å². The van der Waals surface area contributed by atoms with Gasteiger partial charge in [0, 0.05) is 5.39 Å². The summed E-state index contributed by atoms with van der Waals surface area (Å²) in [6.07, 6.45) is 0. The number of anilines is 1. The third kappa shape index (κ3) is 2.26. The smallest absolute Gasteiger partial charge is 0.127 e. The molecule has 0 spiro atoms. The first-order valence-corrected chi connectivity index (χ1v) is 6.19. The Morgan fingerprint density at radius 1 is 1.00 bits per heavy atom. The number of benzene rings is 1. The first-order valence-electron chi connectivity index (χ1n) is 6.19. The summed E-state index contributed by atoms with van der Waals surface area (Å²) in [4.78, 5) is 4.52. The summed E-state index contributed by atoms with van der Waals surface area (Å²) in [5, 5.41) is 1.17. The molecule has 1 heterocycles. The van der Waals surface area contributed by atoms with E-state index < -0.39 is 0 Å². The lowest BCUT2D eigenvalue weighted by Gasteiger charge is -2.12. The molecule has 0 aliphatic carbocycles. The quantitative estimate of drug-likeness (QED) is 0.841. The largest absolute Gasteiger partial charge is 0.383 e. The van der Waals surface area contributed by atoms with Crippen molar-refractivity contribution in [2.24, 2.45) is 0 Å². The van der Waals surface area contributed by atoms with Gasteiger partial charge in [-0.05, 0) is 35.1 Å². The summed E-state index contributed by atoms with van der Waals surface area (Å²) in [7, 11) is 0. The van der Waals surface area contributed by atoms with Crippen LogP contribution in [0.5, 0.6) is 0 Å². The van der Waals surface area contributed by atoms with Crippen molar-refractivity contribution in [3.8, 4) is 0 Å². The van der Waals surface area contributed by atoms with Crippen molar-refractivity contribution in [1.29, 1.82) is 0 Å². The number of hydrogen-bond acceptors (Lipinski definition) is 2. The lowest BCUT2D eigenvalue weighted by atomic mass is 9.98. The van der Waals surface area contributed by atoms with Gasteiger partial charge in [0.25, 0.3) is 0 Å². The zero-order chi connectivity index (χ0) is 12.6. The molecule has 2 heteroatoms. The van der Waals surface area contributed by atoms with Crippen LogP contribution in [0, 0.1) is 0 Å². The minimum Gasteiger partial charge on any atom is -0.383 e. The van der Waals surface area contributed by atoms with E-state index in [1.807, 2.05) is 0 Å². The Hall–Kier alpha value is -1.57. The zero-order valence-corrected chi connectivity index (χ0v) is 11.0. The predicted molar refractivity (Wildman–Crippen MR) is 74.3 cm³/mol. The Kier molecular flexibility index (Phi) is 3.05. The maximum atomic E-state index is 6.00. The van der Waals surface area contributed by atoms with Crippen LogP contribution in [0.15, 0.2) is 24.3 Å². The third-order valence-electron chi connectivity index (χ3n) is 3.19. The molecule has 0 aliphatic heterocycles. The van der Waals surface area contributed by atoms with Crippen LogP contribution in [0.1, 0.15) is 50.7 Å². The molecule has 1 aromatic heterocycles. The van der Waals surface area contributed by atoms with Crippen molar-refractivity contribution in [2.75, 3.05) is 5.73 Å². The van der Waals surface area contributed by atoms with E-state index in [9.17, 15) is 0 Å². The van der Waals surface area contributed by atoms with Gasteiger partial charge in [-0.2, -0.15) is 0 Å². The van der Waals surface area contributed by atoms with Crippen LogP contribution in [0.4, 0.5) is 5.82 Å². The van der Waals surface area contributed by atoms with Crippen LogP contribution in [-0.4, -0.2) is 4.98 Å². The minimum absolute atomic E-state index is 0.414. The van der Waals surface area contributed by atoms with Crippen molar-refractivity contribution in [1.82, 2.24) is 4.98 Å². The molecule has 0 radical (unpaired) electrons. The fraction of sp³-hybridized carbons (Fsp3) is 0.400. The molecule has 2 aromatic rings. The van der Waals surface area contributed by atoms with Crippen LogP contribution in [-0.2, 0) is 0 Å². The van der Waals surface area contributed by atoms with Gasteiger partial charge in [0.2, 0.25) is 0 Å². The average molecular weight is 228 g/mol. The molecule has 0 saturated carbocycles. The average Bonchev–Trinajstić information content (AvgIpc) is 2.26. The molecule has 0 unspecified atom stereocenters. The highest BCUT2D eigenvalue weighted by atomic mass is 14.8. The summed E-state index contributed by atoms with van der Waals surface area (Å²) >= 11 is 0. The van der Waals surface area contributed by atoms with Crippen LogP contribution in [0.25, 0.3) is 10.9 Å². The van der Waals surface area contributed by atoms with E-state index in [0.717, 1.165) is 11.1 Å². The molecular formula is C15H20N2. The van der Waals surface area contributed by atoms with Gasteiger partial charge in [-0.3, -0.25) is 0 Å². The molecule has 0 saturated heterocycles. The number of fused-ring (bicyclic) bond motifs is 1. The Morgan fingerprint density at radius 3 is 2.29 bits per heavy atom. The number of hydrogen-bond donors (Lipinski definition) is 1. The highest BCUT2D eigenvalue weighted by molar-refractivity contribution is 5.82. The zero-order valence-electron chi connectivity index (χ0n) is 11.0. The van der Waals surface area contributed by atoms with Crippen LogP contribution in [0.2, 0.25) is 0 Å². The van der Waals surface area contributed by atoms with Crippen LogP contribution in [0.3, 0.4) is 0 Å². The molecule has 17 heavy (non-hydrogen) atoms. The van der Waals surface area contributed by atoms with E-state index >= 15 is 0 Å². The summed E-state index contributed by atoms with van der Waals surface area (Å²) in [5.41, 5.74) is 9.44. The van der Waals surface area contributed by atoms with Crippen molar-refractivity contribution in [3.63, 3.8) is 0 Å². The molecule has 0 aliphatic rings. The van der Waals surface area contributed by atoms with Crippen molar-refractivity contribution in [2.45, 2.75) is 39.5 Å². The fourth-order valence-electron chi connectivity index (χ4n) is 2.04. The molecular weight excluding hydrogens is 208 g/mol. The normalized spacial score (nSPS) is 11.6. The van der Waals surface area contributed by atoms with Gasteiger partial charge in [0.15, 0.2) is 0 Å². The monoisotopic (exact) mass is 228 g/mol. The molecule has 0 atom stereocenters. The highest BCUT2D eigenvalue weighted by Crippen LogP contribution is 2.26. The summed E-state index contributed by atoms with van der Waals surface area (Å²) < 4.78 is 0. The standard InChI is InChI=1S/C15H20N2/c1-9(2)11-5-6-12-7-13(10(3)4)15(16)17-14(12)8-11/h5-10H,1-4H3,(H2,16,17). The number of nitrogens with two attached hydrogens (primary N) is 1. The SMILES string of the molecule is CC(C)c1ccc2cc(C(C)C)c(N)nc2c1. The van der Waals surface area contributed by atoms with Gasteiger partial charge in [0.1, 0.15) is 5.82 Å². The van der Waals surface area contributed by atoms with Gasteiger partial charge in [-0.25, -0.2) is 4.98 Å². The maximum Gasteiger partial charge on any atom is 0.127 e. The topological polar surface area (TPSA) is 38.9 Å². The minimum atomic E-state index is 0.414. The van der Waals surface area contributed by atoms with E-state index in [1.165, 1.54) is 10.9 Å². The second-order valence-electron chi connectivity index (χ2n) is 5.22. The summed E-state index contributed by atoms with van der Waals surface area (Å²) in [6.45, 7) is 8.66. The number of nitrogen functional groups attached to an aromatic ring is 1. The number of pyridine rings is 1. The Labute approximate surface area is 103 Å². The second kappa shape index (κ2) is 4.36. The van der Waals surface area contributed by atoms with E-state index in [1.54, 1.807) is 0 Å². The lowest BCUT2D eigenvalue weighted by molar-refractivity contribution is 0.862. The first kappa shape index (κ1) is 11.9.